The third-order valence-electron chi connectivity index (χ3n) is 4.34. The summed E-state index contributed by atoms with van der Waals surface area (Å²) in [6.45, 7) is 2.19. The van der Waals surface area contributed by atoms with E-state index in [0.29, 0.717) is 17.2 Å². The fourth-order valence-electron chi connectivity index (χ4n) is 2.82. The van der Waals surface area contributed by atoms with E-state index in [2.05, 4.69) is 17.4 Å². The average molecular weight is 380 g/mol. The Kier molecular flexibility index (Phi) is 6.68. The Hall–Kier alpha value is -3.28. The van der Waals surface area contributed by atoms with E-state index in [-0.39, 0.29) is 17.4 Å². The van der Waals surface area contributed by atoms with E-state index in [1.165, 1.54) is 31.5 Å². The number of aryl methyl sites for hydroxylation is 1. The molecule has 1 aromatic heterocycles. The Labute approximate surface area is 164 Å². The highest BCUT2D eigenvalue weighted by Crippen LogP contribution is 2.32. The number of hydrogen-bond donors (Lipinski definition) is 2. The molecule has 3 rings (SSSR count). The molecule has 0 aliphatic carbocycles. The van der Waals surface area contributed by atoms with Crippen molar-refractivity contribution in [3.05, 3.63) is 66.1 Å². The first-order chi connectivity index (χ1) is 13.7. The van der Waals surface area contributed by atoms with Crippen molar-refractivity contribution < 1.29 is 19.2 Å². The van der Waals surface area contributed by atoms with E-state index in [0.717, 1.165) is 18.4 Å². The molecule has 0 aliphatic rings. The van der Waals surface area contributed by atoms with Gasteiger partial charge < -0.3 is 19.7 Å². The summed E-state index contributed by atoms with van der Waals surface area (Å²) in [5.74, 6) is 0.841. The van der Waals surface area contributed by atoms with Gasteiger partial charge in [0.2, 0.25) is 5.76 Å². The molecule has 0 spiro atoms. The molecule has 0 radical (unpaired) electrons. The van der Waals surface area contributed by atoms with Crippen LogP contribution in [0.4, 0.5) is 5.69 Å². The van der Waals surface area contributed by atoms with E-state index in [9.17, 15) is 9.90 Å². The van der Waals surface area contributed by atoms with Gasteiger partial charge in [0.15, 0.2) is 11.5 Å². The van der Waals surface area contributed by atoms with Crippen LogP contribution >= 0.6 is 0 Å². The number of phenols is 1. The molecule has 0 aliphatic heterocycles. The molecule has 1 heterocycles. The highest BCUT2D eigenvalue weighted by molar-refractivity contribution is 6.02. The zero-order valence-corrected chi connectivity index (χ0v) is 15.9. The molecule has 0 saturated carbocycles. The Morgan fingerprint density at radius 3 is 2.61 bits per heavy atom. The average Bonchev–Trinajstić information content (AvgIpc) is 3.24. The zero-order chi connectivity index (χ0) is 19.8. The van der Waals surface area contributed by atoms with E-state index in [4.69, 9.17) is 9.26 Å². The molecule has 28 heavy (non-hydrogen) atoms. The van der Waals surface area contributed by atoms with Crippen LogP contribution in [0, 0.1) is 0 Å². The van der Waals surface area contributed by atoms with Crippen molar-refractivity contribution in [1.29, 1.82) is 0 Å². The molecule has 6 heteroatoms. The molecular formula is C22H24N2O4. The number of amides is 1. The molecule has 0 saturated heterocycles. The first kappa shape index (κ1) is 19.5. The second-order valence-electron chi connectivity index (χ2n) is 6.57. The summed E-state index contributed by atoms with van der Waals surface area (Å²) in [5, 5.41) is 16.4. The summed E-state index contributed by atoms with van der Waals surface area (Å²) in [6.07, 6.45) is 7.13. The molecule has 0 atom stereocenters. The van der Waals surface area contributed by atoms with E-state index < -0.39 is 0 Å². The largest absolute Gasteiger partial charge is 0.504 e. The van der Waals surface area contributed by atoms with Crippen LogP contribution in [0.5, 0.6) is 17.2 Å². The van der Waals surface area contributed by atoms with Gasteiger partial charge in [-0.25, -0.2) is 0 Å². The monoisotopic (exact) mass is 380 g/mol. The third kappa shape index (κ3) is 5.36. The van der Waals surface area contributed by atoms with Crippen LogP contribution in [-0.4, -0.2) is 16.2 Å². The summed E-state index contributed by atoms with van der Waals surface area (Å²) in [6, 6.07) is 13.9. The van der Waals surface area contributed by atoms with Crippen LogP contribution in [0.2, 0.25) is 0 Å². The predicted molar refractivity (Wildman–Crippen MR) is 107 cm³/mol. The SMILES string of the molecule is CCCCCCc1ccc(Oc2ccc(NC(=O)c3ccno3)cc2)c(O)c1. The summed E-state index contributed by atoms with van der Waals surface area (Å²) >= 11 is 0. The number of nitrogens with zero attached hydrogens (tertiary/aromatic N) is 1. The van der Waals surface area contributed by atoms with Gasteiger partial charge in [0.05, 0.1) is 6.20 Å². The van der Waals surface area contributed by atoms with Crippen molar-refractivity contribution in [3.63, 3.8) is 0 Å². The van der Waals surface area contributed by atoms with Gasteiger partial charge in [0, 0.05) is 11.8 Å². The molecule has 6 nitrogen and oxygen atoms in total. The van der Waals surface area contributed by atoms with Crippen LogP contribution in [-0.2, 0) is 6.42 Å². The second kappa shape index (κ2) is 9.60. The Morgan fingerprint density at radius 2 is 1.93 bits per heavy atom. The number of hydrogen-bond acceptors (Lipinski definition) is 5. The van der Waals surface area contributed by atoms with Gasteiger partial charge >= 0.3 is 0 Å². The molecule has 3 aromatic rings. The molecular weight excluding hydrogens is 356 g/mol. The van der Waals surface area contributed by atoms with Crippen LogP contribution in [0.1, 0.15) is 48.7 Å². The van der Waals surface area contributed by atoms with Gasteiger partial charge in [-0.3, -0.25) is 4.79 Å². The lowest BCUT2D eigenvalue weighted by atomic mass is 10.1. The topological polar surface area (TPSA) is 84.6 Å². The summed E-state index contributed by atoms with van der Waals surface area (Å²) < 4.78 is 10.6. The normalized spacial score (nSPS) is 10.6. The molecule has 2 N–H and O–H groups in total. The van der Waals surface area contributed by atoms with Gasteiger partial charge in [-0.15, -0.1) is 0 Å². The summed E-state index contributed by atoms with van der Waals surface area (Å²) in [4.78, 5) is 11.9. The Bertz CT molecular complexity index is 889. The number of benzene rings is 2. The Morgan fingerprint density at radius 1 is 1.11 bits per heavy atom. The first-order valence-corrected chi connectivity index (χ1v) is 9.47. The van der Waals surface area contributed by atoms with Gasteiger partial charge in [-0.2, -0.15) is 0 Å². The number of carbonyl (C=O) groups is 1. The zero-order valence-electron chi connectivity index (χ0n) is 15.9. The number of carbonyl (C=O) groups excluding carboxylic acids is 1. The van der Waals surface area contributed by atoms with Crippen molar-refractivity contribution in [3.8, 4) is 17.2 Å². The van der Waals surface area contributed by atoms with Crippen molar-refractivity contribution in [1.82, 2.24) is 5.16 Å². The maximum atomic E-state index is 11.9. The molecule has 2 aromatic carbocycles. The number of aromatic nitrogens is 1. The minimum absolute atomic E-state index is 0.121. The highest BCUT2D eigenvalue weighted by atomic mass is 16.5. The number of anilines is 1. The number of ether oxygens (including phenoxy) is 1. The standard InChI is InChI=1S/C22H24N2O4/c1-2-3-4-5-6-16-7-12-20(19(25)15-16)27-18-10-8-17(9-11-18)24-22(26)21-13-14-23-28-21/h7-15,25H,2-6H2,1H3,(H,24,26). The van der Waals surface area contributed by atoms with Gasteiger partial charge in [-0.05, 0) is 54.8 Å². The van der Waals surface area contributed by atoms with Crippen LogP contribution in [0.25, 0.3) is 0 Å². The van der Waals surface area contributed by atoms with Gasteiger partial charge in [0.1, 0.15) is 5.75 Å². The molecule has 0 bridgehead atoms. The van der Waals surface area contributed by atoms with Gasteiger partial charge in [-0.1, -0.05) is 37.4 Å². The van der Waals surface area contributed by atoms with Gasteiger partial charge in [0.25, 0.3) is 5.91 Å². The highest BCUT2D eigenvalue weighted by Gasteiger charge is 2.10. The smallest absolute Gasteiger partial charge is 0.294 e. The number of rotatable bonds is 9. The van der Waals surface area contributed by atoms with Crippen molar-refractivity contribution in [2.24, 2.45) is 0 Å². The summed E-state index contributed by atoms with van der Waals surface area (Å²) in [7, 11) is 0. The van der Waals surface area contributed by atoms with Crippen molar-refractivity contribution in [2.45, 2.75) is 39.0 Å². The molecule has 146 valence electrons. The van der Waals surface area contributed by atoms with E-state index in [1.54, 1.807) is 36.4 Å². The van der Waals surface area contributed by atoms with E-state index >= 15 is 0 Å². The number of phenolic OH excluding ortho intramolecular Hbond substituents is 1. The number of unbranched alkanes of at least 4 members (excludes halogenated alkanes) is 3. The predicted octanol–water partition coefficient (Wildman–Crippen LogP) is 5.55. The van der Waals surface area contributed by atoms with Crippen LogP contribution in [0.3, 0.4) is 0 Å². The summed E-state index contributed by atoms with van der Waals surface area (Å²) in [5.41, 5.74) is 1.70. The van der Waals surface area contributed by atoms with Crippen LogP contribution in [0.15, 0.2) is 59.3 Å². The molecule has 0 unspecified atom stereocenters. The molecule has 0 fully saturated rings. The van der Waals surface area contributed by atoms with Crippen molar-refractivity contribution in [2.75, 3.05) is 5.32 Å². The maximum Gasteiger partial charge on any atom is 0.294 e. The number of nitrogens with one attached hydrogen (secondary N) is 1. The minimum Gasteiger partial charge on any atom is -0.504 e. The second-order valence-corrected chi connectivity index (χ2v) is 6.57. The fourth-order valence-corrected chi connectivity index (χ4v) is 2.82. The lowest BCUT2D eigenvalue weighted by Gasteiger charge is -2.10. The molecule has 1 amide bonds. The Balaban J connectivity index is 1.57. The van der Waals surface area contributed by atoms with Crippen LogP contribution < -0.4 is 10.1 Å². The van der Waals surface area contributed by atoms with Crippen molar-refractivity contribution >= 4 is 11.6 Å². The lowest BCUT2D eigenvalue weighted by Crippen LogP contribution is -2.10. The number of aromatic hydroxyl groups is 1. The quantitative estimate of drug-likeness (QED) is 0.476. The first-order valence-electron chi connectivity index (χ1n) is 9.47. The lowest BCUT2D eigenvalue weighted by molar-refractivity contribution is 0.0988. The maximum absolute atomic E-state index is 11.9. The minimum atomic E-state index is -0.377. The fraction of sp³-hybridized carbons (Fsp3) is 0.273. The third-order valence-corrected chi connectivity index (χ3v) is 4.34. The van der Waals surface area contributed by atoms with E-state index in [1.807, 2.05) is 6.07 Å².